The van der Waals surface area contributed by atoms with Gasteiger partial charge in [-0.3, -0.25) is 4.90 Å². The maximum absolute atomic E-state index is 5.96. The first-order valence-electron chi connectivity index (χ1n) is 9.88. The molecule has 0 aromatic rings. The van der Waals surface area contributed by atoms with E-state index in [0.29, 0.717) is 5.82 Å². The molecule has 4 nitrogen and oxygen atoms in total. The van der Waals surface area contributed by atoms with Gasteiger partial charge in [0.15, 0.2) is 0 Å². The number of nitrogens with two attached hydrogens (primary N) is 2. The third kappa shape index (κ3) is 6.73. The Kier molecular flexibility index (Phi) is 8.60. The molecular weight excluding hydrogens is 344 g/mol. The monoisotopic (exact) mass is 378 g/mol. The highest BCUT2D eigenvalue weighted by atomic mass is 35.5. The van der Waals surface area contributed by atoms with Gasteiger partial charge in [0.05, 0.1) is 11.0 Å². The molecule has 0 bridgehead atoms. The van der Waals surface area contributed by atoms with E-state index in [-0.39, 0.29) is 5.16 Å². The van der Waals surface area contributed by atoms with Gasteiger partial charge in [-0.15, -0.1) is 0 Å². The van der Waals surface area contributed by atoms with Crippen molar-refractivity contribution in [3.05, 3.63) is 45.9 Å². The van der Waals surface area contributed by atoms with Gasteiger partial charge in [-0.1, -0.05) is 42.5 Å². The molecule has 0 spiro atoms. The number of hydrogen-bond acceptors (Lipinski definition) is 4. The highest BCUT2D eigenvalue weighted by Gasteiger charge is 2.22. The zero-order valence-corrected chi connectivity index (χ0v) is 17.1. The van der Waals surface area contributed by atoms with Gasteiger partial charge in [0, 0.05) is 26.2 Å². The number of rotatable bonds is 7. The molecule has 0 radical (unpaired) electrons. The van der Waals surface area contributed by atoms with Gasteiger partial charge in [-0.05, 0) is 62.3 Å². The van der Waals surface area contributed by atoms with E-state index in [1.807, 2.05) is 0 Å². The predicted octanol–water partition coefficient (Wildman–Crippen LogP) is 3.96. The van der Waals surface area contributed by atoms with Crippen LogP contribution in [-0.2, 0) is 0 Å². The quantitative estimate of drug-likeness (QED) is 0.463. The molecule has 0 unspecified atom stereocenters. The van der Waals surface area contributed by atoms with E-state index in [1.165, 1.54) is 55.4 Å². The Balaban J connectivity index is 1.90. The fourth-order valence-corrected chi connectivity index (χ4v) is 4.19. The van der Waals surface area contributed by atoms with Gasteiger partial charge in [0.2, 0.25) is 0 Å². The molecule has 1 aliphatic heterocycles. The lowest BCUT2D eigenvalue weighted by Crippen LogP contribution is -2.36. The summed E-state index contributed by atoms with van der Waals surface area (Å²) in [5, 5.41) is 3.47. The van der Waals surface area contributed by atoms with Crippen LogP contribution in [0.2, 0.25) is 0 Å². The summed E-state index contributed by atoms with van der Waals surface area (Å²) >= 11 is 5.62. The molecule has 2 aliphatic rings. The Morgan fingerprint density at radius 2 is 1.96 bits per heavy atom. The summed E-state index contributed by atoms with van der Waals surface area (Å²) in [7, 11) is 0. The van der Waals surface area contributed by atoms with Crippen molar-refractivity contribution < 1.29 is 0 Å². The topological polar surface area (TPSA) is 67.3 Å². The molecule has 2 rings (SSSR count). The molecule has 146 valence electrons. The van der Waals surface area contributed by atoms with E-state index in [9.17, 15) is 0 Å². The van der Waals surface area contributed by atoms with Crippen LogP contribution in [0.4, 0.5) is 0 Å². The SMILES string of the molecule is C/C=C(/CN/C(N)=C/C=C(\N)Cl)C1=C(C)CN(CC2CCCCC2)CC1. The van der Waals surface area contributed by atoms with Gasteiger partial charge in [0.25, 0.3) is 0 Å². The van der Waals surface area contributed by atoms with Crippen LogP contribution in [0.1, 0.15) is 52.4 Å². The van der Waals surface area contributed by atoms with Crippen LogP contribution in [0.25, 0.3) is 0 Å². The van der Waals surface area contributed by atoms with Crippen LogP contribution in [0, 0.1) is 5.92 Å². The Morgan fingerprint density at radius 3 is 2.58 bits per heavy atom. The van der Waals surface area contributed by atoms with Crippen molar-refractivity contribution in [3.8, 4) is 0 Å². The fourth-order valence-electron chi connectivity index (χ4n) is 4.13. The molecule has 1 fully saturated rings. The van der Waals surface area contributed by atoms with Gasteiger partial charge in [0.1, 0.15) is 0 Å². The van der Waals surface area contributed by atoms with Crippen molar-refractivity contribution >= 4 is 11.6 Å². The van der Waals surface area contributed by atoms with E-state index >= 15 is 0 Å². The summed E-state index contributed by atoms with van der Waals surface area (Å²) in [6, 6.07) is 0. The normalized spacial score (nSPS) is 22.0. The van der Waals surface area contributed by atoms with Crippen LogP contribution in [0.15, 0.2) is 45.9 Å². The number of nitrogens with one attached hydrogen (secondary N) is 1. The Bertz CT molecular complexity index is 579. The summed E-state index contributed by atoms with van der Waals surface area (Å²) < 4.78 is 0. The largest absolute Gasteiger partial charge is 0.389 e. The van der Waals surface area contributed by atoms with Crippen LogP contribution >= 0.6 is 11.6 Å². The van der Waals surface area contributed by atoms with Crippen LogP contribution in [0.5, 0.6) is 0 Å². The van der Waals surface area contributed by atoms with Gasteiger partial charge >= 0.3 is 0 Å². The van der Waals surface area contributed by atoms with Crippen molar-refractivity contribution in [1.82, 2.24) is 10.2 Å². The molecule has 0 saturated heterocycles. The molecule has 0 aromatic carbocycles. The molecule has 5 N–H and O–H groups in total. The summed E-state index contributed by atoms with van der Waals surface area (Å²) in [4.78, 5) is 2.65. The predicted molar refractivity (Wildman–Crippen MR) is 112 cm³/mol. The van der Waals surface area contributed by atoms with E-state index in [4.69, 9.17) is 23.1 Å². The van der Waals surface area contributed by atoms with Crippen molar-refractivity contribution in [3.63, 3.8) is 0 Å². The number of hydrogen-bond donors (Lipinski definition) is 3. The average Bonchev–Trinajstić information content (AvgIpc) is 2.62. The Morgan fingerprint density at radius 1 is 1.23 bits per heavy atom. The zero-order chi connectivity index (χ0) is 18.9. The summed E-state index contributed by atoms with van der Waals surface area (Å²) in [5.41, 5.74) is 15.7. The zero-order valence-electron chi connectivity index (χ0n) is 16.4. The molecule has 0 atom stereocenters. The van der Waals surface area contributed by atoms with Crippen LogP contribution in [-0.4, -0.2) is 31.1 Å². The highest BCUT2D eigenvalue weighted by Crippen LogP contribution is 2.28. The van der Waals surface area contributed by atoms with E-state index in [0.717, 1.165) is 32.0 Å². The summed E-state index contributed by atoms with van der Waals surface area (Å²) in [5.74, 6) is 1.48. The third-order valence-electron chi connectivity index (χ3n) is 5.54. The minimum atomic E-state index is 0.227. The summed E-state index contributed by atoms with van der Waals surface area (Å²) in [6.45, 7) is 8.64. The second-order valence-electron chi connectivity index (χ2n) is 7.59. The number of nitrogens with zero attached hydrogens (tertiary/aromatic N) is 1. The molecule has 5 heteroatoms. The number of allylic oxidation sites excluding steroid dienone is 3. The van der Waals surface area contributed by atoms with Crippen molar-refractivity contribution in [1.29, 1.82) is 0 Å². The first-order valence-corrected chi connectivity index (χ1v) is 10.3. The van der Waals surface area contributed by atoms with E-state index in [1.54, 1.807) is 12.2 Å². The Hall–Kier alpha value is -1.39. The lowest BCUT2D eigenvalue weighted by atomic mass is 9.87. The minimum absolute atomic E-state index is 0.227. The van der Waals surface area contributed by atoms with Crippen molar-refractivity contribution in [2.75, 3.05) is 26.2 Å². The smallest absolute Gasteiger partial charge is 0.0993 e. The molecule has 1 saturated carbocycles. The lowest BCUT2D eigenvalue weighted by molar-refractivity contribution is 0.207. The number of halogens is 1. The maximum Gasteiger partial charge on any atom is 0.0993 e. The van der Waals surface area contributed by atoms with Crippen LogP contribution < -0.4 is 16.8 Å². The first kappa shape index (κ1) is 20.9. The second kappa shape index (κ2) is 10.7. The van der Waals surface area contributed by atoms with Gasteiger partial charge in [-0.25, -0.2) is 0 Å². The third-order valence-corrected chi connectivity index (χ3v) is 5.66. The van der Waals surface area contributed by atoms with Crippen molar-refractivity contribution in [2.45, 2.75) is 52.4 Å². The molecule has 0 amide bonds. The molecule has 1 heterocycles. The van der Waals surface area contributed by atoms with E-state index < -0.39 is 0 Å². The van der Waals surface area contributed by atoms with Crippen molar-refractivity contribution in [2.24, 2.45) is 17.4 Å². The van der Waals surface area contributed by atoms with E-state index in [2.05, 4.69) is 30.1 Å². The fraction of sp³-hybridized carbons (Fsp3) is 0.619. The lowest BCUT2D eigenvalue weighted by Gasteiger charge is -2.34. The van der Waals surface area contributed by atoms with Gasteiger partial charge < -0.3 is 16.8 Å². The Labute approximate surface area is 164 Å². The van der Waals surface area contributed by atoms with Crippen LogP contribution in [0.3, 0.4) is 0 Å². The maximum atomic E-state index is 5.96. The second-order valence-corrected chi connectivity index (χ2v) is 8.03. The van der Waals surface area contributed by atoms with Gasteiger partial charge in [-0.2, -0.15) is 0 Å². The standard InChI is InChI=1S/C21H35ClN4/c1-3-18(13-25-21(24)10-9-20(22)23)19-11-12-26(14-16(19)2)15-17-7-5-4-6-8-17/h3,9-10,17,25H,4-8,11-15,23-24H2,1-2H3/b18-3-,20-9-,21-10+. The molecule has 26 heavy (non-hydrogen) atoms. The molecule has 0 aromatic heterocycles. The molecular formula is C21H35ClN4. The minimum Gasteiger partial charge on any atom is -0.389 e. The first-order chi connectivity index (χ1) is 12.5. The highest BCUT2D eigenvalue weighted by molar-refractivity contribution is 6.29. The average molecular weight is 379 g/mol. The molecule has 1 aliphatic carbocycles. The summed E-state index contributed by atoms with van der Waals surface area (Å²) in [6.07, 6.45) is 13.7.